The number of carbonyl (C=O) groups excluding carboxylic acids is 1. The van der Waals surface area contributed by atoms with E-state index in [0.29, 0.717) is 0 Å². The van der Waals surface area contributed by atoms with Crippen LogP contribution in [0.15, 0.2) is 42.5 Å². The van der Waals surface area contributed by atoms with Gasteiger partial charge < -0.3 is 15.4 Å². The van der Waals surface area contributed by atoms with Gasteiger partial charge in [-0.05, 0) is 42.0 Å². The van der Waals surface area contributed by atoms with Crippen molar-refractivity contribution in [3.8, 4) is 5.75 Å². The second kappa shape index (κ2) is 8.06. The number of aryl methyl sites for hydroxylation is 2. The van der Waals surface area contributed by atoms with Crippen molar-refractivity contribution in [1.82, 2.24) is 5.32 Å². The molecule has 2 N–H and O–H groups in total. The van der Waals surface area contributed by atoms with Gasteiger partial charge in [0.2, 0.25) is 0 Å². The maximum absolute atomic E-state index is 12.1. The van der Waals surface area contributed by atoms with Crippen LogP contribution in [-0.2, 0) is 11.8 Å². The fourth-order valence-electron chi connectivity index (χ4n) is 2.65. The molecule has 0 radical (unpaired) electrons. The lowest BCUT2D eigenvalue weighted by Crippen LogP contribution is -2.32. The molecule has 0 aliphatic heterocycles. The van der Waals surface area contributed by atoms with Crippen molar-refractivity contribution in [3.63, 3.8) is 0 Å². The number of urea groups is 1. The molecule has 25 heavy (non-hydrogen) atoms. The molecule has 134 valence electrons. The Morgan fingerprint density at radius 1 is 1.12 bits per heavy atom. The van der Waals surface area contributed by atoms with Gasteiger partial charge in [0, 0.05) is 5.69 Å². The summed E-state index contributed by atoms with van der Waals surface area (Å²) in [6, 6.07) is 13.6. The molecule has 0 fully saturated rings. The van der Waals surface area contributed by atoms with Gasteiger partial charge in [0.15, 0.2) is 6.73 Å². The molecule has 0 spiro atoms. The minimum Gasteiger partial charge on any atom is -0.473 e. The third-order valence-electron chi connectivity index (χ3n) is 4.05. The summed E-state index contributed by atoms with van der Waals surface area (Å²) >= 11 is 0. The van der Waals surface area contributed by atoms with Gasteiger partial charge in [-0.1, -0.05) is 63.6 Å². The molecular formula is C21H28N2O2. The maximum atomic E-state index is 12.1. The van der Waals surface area contributed by atoms with Crippen molar-refractivity contribution in [3.05, 3.63) is 59.2 Å². The molecule has 0 atom stereocenters. The van der Waals surface area contributed by atoms with E-state index in [-0.39, 0.29) is 18.2 Å². The zero-order valence-corrected chi connectivity index (χ0v) is 15.8. The fourth-order valence-corrected chi connectivity index (χ4v) is 2.65. The molecule has 2 amide bonds. The normalized spacial score (nSPS) is 11.1. The first-order valence-corrected chi connectivity index (χ1v) is 8.68. The standard InChI is InChI=1S/C21H28N2O2/c1-6-16-9-7-8-10-18(16)23-20(24)22-14-25-19-12-11-15(2)13-17(19)21(3,4)5/h7-13H,6,14H2,1-5H3,(H2,22,23,24). The zero-order valence-electron chi connectivity index (χ0n) is 15.8. The Morgan fingerprint density at radius 2 is 1.84 bits per heavy atom. The van der Waals surface area contributed by atoms with Crippen molar-refractivity contribution in [1.29, 1.82) is 0 Å². The molecule has 4 nitrogen and oxygen atoms in total. The molecule has 0 aliphatic carbocycles. The Kier molecular flexibility index (Phi) is 6.07. The lowest BCUT2D eigenvalue weighted by atomic mass is 9.85. The van der Waals surface area contributed by atoms with E-state index in [0.717, 1.165) is 29.0 Å². The maximum Gasteiger partial charge on any atom is 0.321 e. The van der Waals surface area contributed by atoms with Gasteiger partial charge in [-0.2, -0.15) is 0 Å². The quantitative estimate of drug-likeness (QED) is 0.752. The largest absolute Gasteiger partial charge is 0.473 e. The smallest absolute Gasteiger partial charge is 0.321 e. The predicted molar refractivity (Wildman–Crippen MR) is 103 cm³/mol. The number of carbonyl (C=O) groups is 1. The van der Waals surface area contributed by atoms with Crippen LogP contribution in [-0.4, -0.2) is 12.8 Å². The summed E-state index contributed by atoms with van der Waals surface area (Å²) in [4.78, 5) is 12.1. The average molecular weight is 340 g/mol. The SMILES string of the molecule is CCc1ccccc1NC(=O)NCOc1ccc(C)cc1C(C)(C)C. The van der Waals surface area contributed by atoms with Crippen LogP contribution in [0.2, 0.25) is 0 Å². The van der Waals surface area contributed by atoms with E-state index in [1.807, 2.05) is 36.4 Å². The summed E-state index contributed by atoms with van der Waals surface area (Å²) in [5.41, 5.74) is 4.23. The van der Waals surface area contributed by atoms with E-state index < -0.39 is 0 Å². The fraction of sp³-hybridized carbons (Fsp3) is 0.381. The lowest BCUT2D eigenvalue weighted by molar-refractivity contribution is 0.233. The van der Waals surface area contributed by atoms with Crippen LogP contribution in [0.4, 0.5) is 10.5 Å². The summed E-state index contributed by atoms with van der Waals surface area (Å²) in [5.74, 6) is 0.798. The van der Waals surface area contributed by atoms with Gasteiger partial charge in [-0.25, -0.2) is 4.79 Å². The number of hydrogen-bond acceptors (Lipinski definition) is 2. The van der Waals surface area contributed by atoms with E-state index in [4.69, 9.17) is 4.74 Å². The molecule has 0 heterocycles. The molecule has 2 aromatic rings. The predicted octanol–water partition coefficient (Wildman–Crippen LogP) is 5.01. The average Bonchev–Trinajstić information content (AvgIpc) is 2.55. The van der Waals surface area contributed by atoms with Gasteiger partial charge in [0.1, 0.15) is 5.75 Å². The van der Waals surface area contributed by atoms with Gasteiger partial charge in [0.05, 0.1) is 0 Å². The molecule has 0 bridgehead atoms. The Morgan fingerprint density at radius 3 is 2.52 bits per heavy atom. The first kappa shape index (κ1) is 18.8. The summed E-state index contributed by atoms with van der Waals surface area (Å²) in [6.07, 6.45) is 0.866. The molecule has 0 saturated carbocycles. The second-order valence-electron chi connectivity index (χ2n) is 7.18. The topological polar surface area (TPSA) is 50.4 Å². The third kappa shape index (κ3) is 5.24. The van der Waals surface area contributed by atoms with Gasteiger partial charge >= 0.3 is 6.03 Å². The van der Waals surface area contributed by atoms with E-state index in [1.54, 1.807) is 0 Å². The number of para-hydroxylation sites is 1. The number of anilines is 1. The Hall–Kier alpha value is -2.49. The number of benzene rings is 2. The van der Waals surface area contributed by atoms with E-state index in [1.165, 1.54) is 5.56 Å². The van der Waals surface area contributed by atoms with Crippen molar-refractivity contribution < 1.29 is 9.53 Å². The van der Waals surface area contributed by atoms with Crippen LogP contribution in [0.5, 0.6) is 5.75 Å². The first-order valence-electron chi connectivity index (χ1n) is 8.68. The number of hydrogen-bond donors (Lipinski definition) is 2. The van der Waals surface area contributed by atoms with Crippen LogP contribution >= 0.6 is 0 Å². The second-order valence-corrected chi connectivity index (χ2v) is 7.18. The highest BCUT2D eigenvalue weighted by atomic mass is 16.5. The molecule has 0 saturated heterocycles. The van der Waals surface area contributed by atoms with Crippen molar-refractivity contribution in [2.24, 2.45) is 0 Å². The van der Waals surface area contributed by atoms with Crippen molar-refractivity contribution in [2.75, 3.05) is 12.0 Å². The molecule has 0 aromatic heterocycles. The molecule has 2 rings (SSSR count). The highest BCUT2D eigenvalue weighted by molar-refractivity contribution is 5.90. The Bertz CT molecular complexity index is 733. The number of ether oxygens (including phenoxy) is 1. The highest BCUT2D eigenvalue weighted by Gasteiger charge is 2.19. The number of rotatable bonds is 5. The van der Waals surface area contributed by atoms with Crippen LogP contribution < -0.4 is 15.4 Å². The van der Waals surface area contributed by atoms with E-state index >= 15 is 0 Å². The third-order valence-corrected chi connectivity index (χ3v) is 4.05. The summed E-state index contributed by atoms with van der Waals surface area (Å²) in [7, 11) is 0. The highest BCUT2D eigenvalue weighted by Crippen LogP contribution is 2.32. The van der Waals surface area contributed by atoms with Crippen LogP contribution in [0.3, 0.4) is 0 Å². The molecule has 2 aromatic carbocycles. The minimum absolute atomic E-state index is 0.0241. The lowest BCUT2D eigenvalue weighted by Gasteiger charge is -2.23. The summed E-state index contributed by atoms with van der Waals surface area (Å²) in [5, 5.41) is 5.62. The monoisotopic (exact) mass is 340 g/mol. The van der Waals surface area contributed by atoms with Crippen LogP contribution in [0.1, 0.15) is 44.4 Å². The summed E-state index contributed by atoms with van der Waals surface area (Å²) < 4.78 is 5.81. The first-order chi connectivity index (χ1) is 11.8. The van der Waals surface area contributed by atoms with Gasteiger partial charge in [-0.3, -0.25) is 0 Å². The van der Waals surface area contributed by atoms with Crippen molar-refractivity contribution >= 4 is 11.7 Å². The molecule has 0 aliphatic rings. The Balaban J connectivity index is 1.96. The number of amides is 2. The van der Waals surface area contributed by atoms with Gasteiger partial charge in [0.25, 0.3) is 0 Å². The molecule has 4 heteroatoms. The van der Waals surface area contributed by atoms with Crippen LogP contribution in [0.25, 0.3) is 0 Å². The van der Waals surface area contributed by atoms with Crippen molar-refractivity contribution in [2.45, 2.75) is 46.5 Å². The minimum atomic E-state index is -0.273. The number of nitrogens with one attached hydrogen (secondary N) is 2. The Labute approximate surface area is 150 Å². The van der Waals surface area contributed by atoms with E-state index in [2.05, 4.69) is 51.3 Å². The van der Waals surface area contributed by atoms with Gasteiger partial charge in [-0.15, -0.1) is 0 Å². The summed E-state index contributed by atoms with van der Waals surface area (Å²) in [6.45, 7) is 10.7. The van der Waals surface area contributed by atoms with E-state index in [9.17, 15) is 4.79 Å². The van der Waals surface area contributed by atoms with Crippen LogP contribution in [0, 0.1) is 6.92 Å². The zero-order chi connectivity index (χ0) is 18.4. The molecular weight excluding hydrogens is 312 g/mol. The molecule has 0 unspecified atom stereocenters.